The van der Waals surface area contributed by atoms with Gasteiger partial charge in [0, 0.05) is 11.0 Å². The zero-order valence-electron chi connectivity index (χ0n) is 12.5. The second-order valence-corrected chi connectivity index (χ2v) is 5.75. The first kappa shape index (κ1) is 14.2. The van der Waals surface area contributed by atoms with Crippen LogP contribution in [0.3, 0.4) is 0 Å². The van der Waals surface area contributed by atoms with E-state index in [1.54, 1.807) is 0 Å². The van der Waals surface area contributed by atoms with Crippen LogP contribution in [-0.2, 0) is 5.41 Å². The van der Waals surface area contributed by atoms with Crippen LogP contribution in [0.15, 0.2) is 54.6 Å². The van der Waals surface area contributed by atoms with Gasteiger partial charge >= 0.3 is 0 Å². The topological polar surface area (TPSA) is 29.5 Å². The van der Waals surface area contributed by atoms with Crippen molar-refractivity contribution in [3.63, 3.8) is 0 Å². The Kier molecular flexibility index (Phi) is 3.98. The van der Waals surface area contributed by atoms with Crippen molar-refractivity contribution >= 4 is 0 Å². The number of para-hydroxylation sites is 1. The summed E-state index contributed by atoms with van der Waals surface area (Å²) in [6.45, 7) is 2.58. The second-order valence-electron chi connectivity index (χ2n) is 5.75. The van der Waals surface area contributed by atoms with Crippen LogP contribution in [-0.4, -0.2) is 11.7 Å². The van der Waals surface area contributed by atoms with Gasteiger partial charge < -0.3 is 9.84 Å². The highest BCUT2D eigenvalue weighted by atomic mass is 16.5. The van der Waals surface area contributed by atoms with E-state index < -0.39 is 6.10 Å². The summed E-state index contributed by atoms with van der Waals surface area (Å²) in [5.74, 6) is 0.801. The number of rotatable bonds is 5. The van der Waals surface area contributed by atoms with Crippen molar-refractivity contribution in [3.8, 4) is 5.75 Å². The Labute approximate surface area is 126 Å². The molecule has 21 heavy (non-hydrogen) atoms. The summed E-state index contributed by atoms with van der Waals surface area (Å²) in [6, 6.07) is 18.2. The van der Waals surface area contributed by atoms with E-state index in [-0.39, 0.29) is 5.41 Å². The quantitative estimate of drug-likeness (QED) is 0.888. The molecule has 2 aromatic rings. The highest BCUT2D eigenvalue weighted by molar-refractivity contribution is 5.41. The lowest BCUT2D eigenvalue weighted by Gasteiger charge is -2.46. The number of aliphatic hydroxyl groups is 1. The summed E-state index contributed by atoms with van der Waals surface area (Å²) in [4.78, 5) is 0. The van der Waals surface area contributed by atoms with Crippen LogP contribution >= 0.6 is 0 Å². The Balaban J connectivity index is 1.99. The molecule has 0 aliphatic heterocycles. The van der Waals surface area contributed by atoms with E-state index in [0.29, 0.717) is 6.61 Å². The van der Waals surface area contributed by atoms with E-state index in [4.69, 9.17) is 4.74 Å². The predicted molar refractivity (Wildman–Crippen MR) is 84.5 cm³/mol. The number of hydrogen-bond acceptors (Lipinski definition) is 2. The van der Waals surface area contributed by atoms with Crippen LogP contribution in [0, 0.1) is 0 Å². The summed E-state index contributed by atoms with van der Waals surface area (Å²) in [6.07, 6.45) is 2.71. The first-order valence-electron chi connectivity index (χ1n) is 7.73. The molecule has 0 radical (unpaired) electrons. The van der Waals surface area contributed by atoms with Crippen LogP contribution < -0.4 is 4.74 Å². The fourth-order valence-corrected chi connectivity index (χ4v) is 3.34. The zero-order valence-corrected chi connectivity index (χ0v) is 12.5. The molecular weight excluding hydrogens is 260 g/mol. The molecule has 2 aromatic carbocycles. The third kappa shape index (κ3) is 2.44. The summed E-state index contributed by atoms with van der Waals surface area (Å²) < 4.78 is 5.70. The SMILES string of the molecule is CCOc1ccccc1C(O)C1(c2ccccc2)CCC1. The Morgan fingerprint density at radius 2 is 1.71 bits per heavy atom. The van der Waals surface area contributed by atoms with Gasteiger partial charge in [0.15, 0.2) is 0 Å². The van der Waals surface area contributed by atoms with Gasteiger partial charge in [0.05, 0.1) is 12.7 Å². The molecule has 0 aromatic heterocycles. The Hall–Kier alpha value is -1.80. The molecule has 1 saturated carbocycles. The van der Waals surface area contributed by atoms with Crippen LogP contribution in [0.2, 0.25) is 0 Å². The van der Waals surface area contributed by atoms with Gasteiger partial charge in [-0.15, -0.1) is 0 Å². The molecule has 1 aliphatic rings. The van der Waals surface area contributed by atoms with Crippen LogP contribution in [0.4, 0.5) is 0 Å². The van der Waals surface area contributed by atoms with E-state index in [1.165, 1.54) is 12.0 Å². The molecule has 2 nitrogen and oxygen atoms in total. The number of ether oxygens (including phenoxy) is 1. The molecule has 0 amide bonds. The number of benzene rings is 2. The minimum absolute atomic E-state index is 0.158. The molecule has 0 saturated heterocycles. The maximum absolute atomic E-state index is 11.1. The van der Waals surface area contributed by atoms with Crippen LogP contribution in [0.1, 0.15) is 43.4 Å². The molecule has 0 spiro atoms. The van der Waals surface area contributed by atoms with Crippen molar-refractivity contribution in [3.05, 3.63) is 65.7 Å². The smallest absolute Gasteiger partial charge is 0.125 e. The molecule has 2 heteroatoms. The molecule has 0 heterocycles. The number of aliphatic hydroxyl groups excluding tert-OH is 1. The van der Waals surface area contributed by atoms with E-state index in [9.17, 15) is 5.11 Å². The van der Waals surface area contributed by atoms with Gasteiger partial charge in [-0.3, -0.25) is 0 Å². The Bertz CT molecular complexity index is 588. The lowest BCUT2D eigenvalue weighted by molar-refractivity contribution is 0.0249. The Morgan fingerprint density at radius 3 is 2.33 bits per heavy atom. The average Bonchev–Trinajstić information content (AvgIpc) is 2.48. The van der Waals surface area contributed by atoms with Gasteiger partial charge in [0.1, 0.15) is 5.75 Å². The molecule has 1 atom stereocenters. The van der Waals surface area contributed by atoms with Crippen molar-refractivity contribution in [2.24, 2.45) is 0 Å². The molecule has 3 rings (SSSR count). The Morgan fingerprint density at radius 1 is 1.05 bits per heavy atom. The van der Waals surface area contributed by atoms with E-state index in [1.807, 2.05) is 37.3 Å². The third-order valence-electron chi connectivity index (χ3n) is 4.63. The molecule has 110 valence electrons. The van der Waals surface area contributed by atoms with Crippen molar-refractivity contribution in [2.45, 2.75) is 37.7 Å². The standard InChI is InChI=1S/C19H22O2/c1-2-21-17-12-7-6-11-16(17)18(20)19(13-8-14-19)15-9-4-3-5-10-15/h3-7,9-12,18,20H,2,8,13-14H2,1H3. The summed E-state index contributed by atoms with van der Waals surface area (Å²) in [5.41, 5.74) is 1.98. The summed E-state index contributed by atoms with van der Waals surface area (Å²) >= 11 is 0. The molecule has 1 unspecified atom stereocenters. The average molecular weight is 282 g/mol. The predicted octanol–water partition coefficient (Wildman–Crippen LogP) is 4.24. The van der Waals surface area contributed by atoms with Gasteiger partial charge in [-0.05, 0) is 31.4 Å². The van der Waals surface area contributed by atoms with Crippen molar-refractivity contribution in [2.75, 3.05) is 6.61 Å². The van der Waals surface area contributed by atoms with Crippen molar-refractivity contribution in [1.82, 2.24) is 0 Å². The maximum atomic E-state index is 11.1. The zero-order chi connectivity index (χ0) is 14.7. The monoisotopic (exact) mass is 282 g/mol. The lowest BCUT2D eigenvalue weighted by Crippen LogP contribution is -2.40. The van der Waals surface area contributed by atoms with E-state index in [0.717, 1.165) is 24.2 Å². The van der Waals surface area contributed by atoms with Gasteiger partial charge in [-0.1, -0.05) is 55.0 Å². The van der Waals surface area contributed by atoms with Gasteiger partial charge in [-0.2, -0.15) is 0 Å². The molecule has 0 bridgehead atoms. The minimum Gasteiger partial charge on any atom is -0.493 e. The molecule has 1 N–H and O–H groups in total. The first-order chi connectivity index (χ1) is 10.3. The van der Waals surface area contributed by atoms with Gasteiger partial charge in [0.2, 0.25) is 0 Å². The summed E-state index contributed by atoms with van der Waals surface area (Å²) in [7, 11) is 0. The van der Waals surface area contributed by atoms with E-state index in [2.05, 4.69) is 24.3 Å². The maximum Gasteiger partial charge on any atom is 0.125 e. The van der Waals surface area contributed by atoms with Gasteiger partial charge in [0.25, 0.3) is 0 Å². The third-order valence-corrected chi connectivity index (χ3v) is 4.63. The van der Waals surface area contributed by atoms with Crippen molar-refractivity contribution < 1.29 is 9.84 Å². The highest BCUT2D eigenvalue weighted by Crippen LogP contribution is 2.53. The van der Waals surface area contributed by atoms with E-state index >= 15 is 0 Å². The lowest BCUT2D eigenvalue weighted by atomic mass is 9.60. The fraction of sp³-hybridized carbons (Fsp3) is 0.368. The normalized spacial score (nSPS) is 17.8. The van der Waals surface area contributed by atoms with Gasteiger partial charge in [-0.25, -0.2) is 0 Å². The highest BCUT2D eigenvalue weighted by Gasteiger charge is 2.46. The van der Waals surface area contributed by atoms with Crippen LogP contribution in [0.25, 0.3) is 0 Å². The molecular formula is C19H22O2. The van der Waals surface area contributed by atoms with Crippen molar-refractivity contribution in [1.29, 1.82) is 0 Å². The van der Waals surface area contributed by atoms with Crippen LogP contribution in [0.5, 0.6) is 5.75 Å². The molecule has 1 aliphatic carbocycles. The summed E-state index contributed by atoms with van der Waals surface area (Å²) in [5, 5.41) is 11.1. The molecule has 1 fully saturated rings. The first-order valence-corrected chi connectivity index (χ1v) is 7.73. The largest absolute Gasteiger partial charge is 0.493 e. The minimum atomic E-state index is -0.517. The second kappa shape index (κ2) is 5.90. The number of hydrogen-bond donors (Lipinski definition) is 1. The fourth-order valence-electron chi connectivity index (χ4n) is 3.34.